The zero-order chi connectivity index (χ0) is 13.0. The predicted octanol–water partition coefficient (Wildman–Crippen LogP) is 3.66. The maximum absolute atomic E-state index is 6.09. The molecule has 18 heavy (non-hydrogen) atoms. The normalized spacial score (nSPS) is 23.7. The van der Waals surface area contributed by atoms with E-state index in [0.29, 0.717) is 6.04 Å². The Morgan fingerprint density at radius 1 is 1.39 bits per heavy atom. The van der Waals surface area contributed by atoms with E-state index >= 15 is 0 Å². The van der Waals surface area contributed by atoms with Gasteiger partial charge in [0.25, 0.3) is 0 Å². The molecule has 0 aromatic heterocycles. The summed E-state index contributed by atoms with van der Waals surface area (Å²) in [7, 11) is 1.66. The lowest BCUT2D eigenvalue weighted by molar-refractivity contribution is 0.327. The summed E-state index contributed by atoms with van der Waals surface area (Å²) >= 11 is 0. The first-order chi connectivity index (χ1) is 8.74. The molecule has 0 saturated heterocycles. The van der Waals surface area contributed by atoms with Gasteiger partial charge in [0.15, 0.2) is 0 Å². The largest absolute Gasteiger partial charge is 0.495 e. The quantitative estimate of drug-likeness (QED) is 0.799. The number of nitrogens with two attached hydrogens (primary N) is 1. The van der Waals surface area contributed by atoms with Crippen molar-refractivity contribution in [3.8, 4) is 5.75 Å². The molecule has 3 nitrogen and oxygen atoms in total. The number of nitrogens with one attached hydrogen (secondary N) is 1. The summed E-state index contributed by atoms with van der Waals surface area (Å²) in [6.45, 7) is 2.28. The summed E-state index contributed by atoms with van der Waals surface area (Å²) in [5.41, 5.74) is 7.82. The van der Waals surface area contributed by atoms with Crippen LogP contribution in [-0.2, 0) is 0 Å². The minimum absolute atomic E-state index is 0.554. The predicted molar refractivity (Wildman–Crippen MR) is 77.1 cm³/mol. The second-order valence-corrected chi connectivity index (χ2v) is 5.20. The van der Waals surface area contributed by atoms with E-state index in [4.69, 9.17) is 10.5 Å². The molecule has 0 bridgehead atoms. The van der Waals surface area contributed by atoms with E-state index in [0.717, 1.165) is 23.0 Å². The highest BCUT2D eigenvalue weighted by molar-refractivity contribution is 5.73. The lowest BCUT2D eigenvalue weighted by atomic mass is 9.84. The number of rotatable bonds is 4. The van der Waals surface area contributed by atoms with Crippen molar-refractivity contribution in [2.24, 2.45) is 5.92 Å². The van der Waals surface area contributed by atoms with E-state index in [2.05, 4.69) is 12.2 Å². The first-order valence-electron chi connectivity index (χ1n) is 6.93. The minimum atomic E-state index is 0.554. The van der Waals surface area contributed by atoms with Gasteiger partial charge in [-0.15, -0.1) is 0 Å². The molecule has 1 aliphatic carbocycles. The minimum Gasteiger partial charge on any atom is -0.495 e. The Morgan fingerprint density at radius 2 is 2.22 bits per heavy atom. The molecule has 0 amide bonds. The number of benzene rings is 1. The van der Waals surface area contributed by atoms with Crippen LogP contribution in [0.25, 0.3) is 0 Å². The molecule has 1 fully saturated rings. The van der Waals surface area contributed by atoms with Gasteiger partial charge >= 0.3 is 0 Å². The van der Waals surface area contributed by atoms with Crippen molar-refractivity contribution in [3.05, 3.63) is 18.2 Å². The van der Waals surface area contributed by atoms with Gasteiger partial charge in [-0.3, -0.25) is 0 Å². The highest BCUT2D eigenvalue weighted by atomic mass is 16.5. The van der Waals surface area contributed by atoms with Crippen LogP contribution in [0.15, 0.2) is 18.2 Å². The monoisotopic (exact) mass is 248 g/mol. The van der Waals surface area contributed by atoms with Gasteiger partial charge in [0.2, 0.25) is 0 Å². The van der Waals surface area contributed by atoms with Gasteiger partial charge < -0.3 is 15.8 Å². The molecule has 0 radical (unpaired) electrons. The Labute approximate surface area is 110 Å². The fourth-order valence-corrected chi connectivity index (χ4v) is 2.86. The SMILES string of the molecule is CCC1CCCC(Nc2cccc(OC)c2N)C1. The van der Waals surface area contributed by atoms with Crippen LogP contribution >= 0.6 is 0 Å². The maximum Gasteiger partial charge on any atom is 0.143 e. The van der Waals surface area contributed by atoms with Crippen LogP contribution in [0.5, 0.6) is 5.75 Å². The van der Waals surface area contributed by atoms with Gasteiger partial charge in [0, 0.05) is 6.04 Å². The van der Waals surface area contributed by atoms with E-state index in [1.807, 2.05) is 18.2 Å². The van der Waals surface area contributed by atoms with Crippen molar-refractivity contribution >= 4 is 11.4 Å². The number of anilines is 2. The summed E-state index contributed by atoms with van der Waals surface area (Å²) in [5, 5.41) is 3.58. The van der Waals surface area contributed by atoms with Crippen molar-refractivity contribution in [1.29, 1.82) is 0 Å². The topological polar surface area (TPSA) is 47.3 Å². The summed E-state index contributed by atoms with van der Waals surface area (Å²) < 4.78 is 5.25. The van der Waals surface area contributed by atoms with Crippen LogP contribution in [-0.4, -0.2) is 13.2 Å². The molecular weight excluding hydrogens is 224 g/mol. The van der Waals surface area contributed by atoms with E-state index in [-0.39, 0.29) is 0 Å². The molecule has 1 saturated carbocycles. The molecule has 1 aromatic rings. The summed E-state index contributed by atoms with van der Waals surface area (Å²) in [6, 6.07) is 6.47. The number of nitrogen functional groups attached to an aromatic ring is 1. The number of hydrogen-bond donors (Lipinski definition) is 2. The zero-order valence-electron chi connectivity index (χ0n) is 11.4. The average molecular weight is 248 g/mol. The lowest BCUT2D eigenvalue weighted by Gasteiger charge is -2.30. The first kappa shape index (κ1) is 13.1. The van der Waals surface area contributed by atoms with Crippen molar-refractivity contribution in [1.82, 2.24) is 0 Å². The van der Waals surface area contributed by atoms with Crippen molar-refractivity contribution in [2.75, 3.05) is 18.2 Å². The van der Waals surface area contributed by atoms with Crippen LogP contribution in [0.3, 0.4) is 0 Å². The molecule has 2 rings (SSSR count). The fourth-order valence-electron chi connectivity index (χ4n) is 2.86. The highest BCUT2D eigenvalue weighted by Gasteiger charge is 2.21. The van der Waals surface area contributed by atoms with Gasteiger partial charge in [-0.2, -0.15) is 0 Å². The van der Waals surface area contributed by atoms with Gasteiger partial charge in [0.05, 0.1) is 18.5 Å². The molecular formula is C15H24N2O. The highest BCUT2D eigenvalue weighted by Crippen LogP contribution is 2.33. The van der Waals surface area contributed by atoms with Gasteiger partial charge in [0.1, 0.15) is 5.75 Å². The standard InChI is InChI=1S/C15H24N2O/c1-3-11-6-4-7-12(10-11)17-13-8-5-9-14(18-2)15(13)16/h5,8-9,11-12,17H,3-4,6-7,10,16H2,1-2H3. The van der Waals surface area contributed by atoms with Gasteiger partial charge in [-0.1, -0.05) is 32.3 Å². The van der Waals surface area contributed by atoms with Crippen molar-refractivity contribution < 1.29 is 4.74 Å². The molecule has 0 aliphatic heterocycles. The van der Waals surface area contributed by atoms with E-state index in [1.54, 1.807) is 7.11 Å². The maximum atomic E-state index is 6.09. The lowest BCUT2D eigenvalue weighted by Crippen LogP contribution is -2.27. The Hall–Kier alpha value is -1.38. The molecule has 0 heterocycles. The molecule has 2 atom stereocenters. The number of methoxy groups -OCH3 is 1. The summed E-state index contributed by atoms with van der Waals surface area (Å²) in [4.78, 5) is 0. The second kappa shape index (κ2) is 5.98. The van der Waals surface area contributed by atoms with Gasteiger partial charge in [-0.05, 0) is 30.9 Å². The number of para-hydroxylation sites is 1. The third-order valence-corrected chi connectivity index (χ3v) is 4.01. The van der Waals surface area contributed by atoms with Crippen LogP contribution in [0.4, 0.5) is 11.4 Å². The van der Waals surface area contributed by atoms with Crippen LogP contribution in [0, 0.1) is 5.92 Å². The zero-order valence-corrected chi connectivity index (χ0v) is 11.4. The van der Waals surface area contributed by atoms with E-state index < -0.39 is 0 Å². The van der Waals surface area contributed by atoms with Crippen LogP contribution < -0.4 is 15.8 Å². The Kier molecular flexibility index (Phi) is 4.34. The number of ether oxygens (including phenoxy) is 1. The first-order valence-corrected chi connectivity index (χ1v) is 6.93. The molecule has 100 valence electrons. The Bertz CT molecular complexity index is 392. The van der Waals surface area contributed by atoms with E-state index in [9.17, 15) is 0 Å². The number of hydrogen-bond acceptors (Lipinski definition) is 3. The smallest absolute Gasteiger partial charge is 0.143 e. The Balaban J connectivity index is 2.04. The third-order valence-electron chi connectivity index (χ3n) is 4.01. The van der Waals surface area contributed by atoms with E-state index in [1.165, 1.54) is 32.1 Å². The Morgan fingerprint density at radius 3 is 2.94 bits per heavy atom. The van der Waals surface area contributed by atoms with Gasteiger partial charge in [-0.25, -0.2) is 0 Å². The van der Waals surface area contributed by atoms with Crippen molar-refractivity contribution in [2.45, 2.75) is 45.1 Å². The summed E-state index contributed by atoms with van der Waals surface area (Å²) in [6.07, 6.45) is 6.48. The average Bonchev–Trinajstić information content (AvgIpc) is 2.41. The molecule has 3 N–H and O–H groups in total. The second-order valence-electron chi connectivity index (χ2n) is 5.20. The molecule has 3 heteroatoms. The fraction of sp³-hybridized carbons (Fsp3) is 0.600. The summed E-state index contributed by atoms with van der Waals surface area (Å²) in [5.74, 6) is 1.62. The molecule has 2 unspecified atom stereocenters. The third kappa shape index (κ3) is 2.89. The molecule has 1 aliphatic rings. The van der Waals surface area contributed by atoms with Crippen molar-refractivity contribution in [3.63, 3.8) is 0 Å². The molecule has 0 spiro atoms. The molecule has 1 aromatic carbocycles. The van der Waals surface area contributed by atoms with Crippen LogP contribution in [0.2, 0.25) is 0 Å². The van der Waals surface area contributed by atoms with Crippen LogP contribution in [0.1, 0.15) is 39.0 Å².